The summed E-state index contributed by atoms with van der Waals surface area (Å²) in [4.78, 5) is 0. The van der Waals surface area contributed by atoms with Crippen LogP contribution in [0.4, 0.5) is 0 Å². The van der Waals surface area contributed by atoms with Gasteiger partial charge >= 0.3 is 0 Å². The Balaban J connectivity index is 3.43. The van der Waals surface area contributed by atoms with E-state index < -0.39 is 20.2 Å². The molecular formula is C10H22O6S2. The molecule has 0 N–H and O–H groups in total. The summed E-state index contributed by atoms with van der Waals surface area (Å²) in [5.74, 6) is -0.0363. The molecule has 18 heavy (non-hydrogen) atoms. The Morgan fingerprint density at radius 1 is 0.667 bits per heavy atom. The van der Waals surface area contributed by atoms with Crippen LogP contribution in [0.5, 0.6) is 0 Å². The van der Waals surface area contributed by atoms with Crippen LogP contribution >= 0.6 is 0 Å². The first-order chi connectivity index (χ1) is 8.33. The summed E-state index contributed by atoms with van der Waals surface area (Å²) in [6, 6.07) is 0. The fraction of sp³-hybridized carbons (Fsp3) is 1.00. The molecule has 0 heterocycles. The first kappa shape index (κ1) is 17.8. The monoisotopic (exact) mass is 302 g/mol. The average molecular weight is 302 g/mol. The second-order valence-corrected chi connectivity index (χ2v) is 7.61. The van der Waals surface area contributed by atoms with Gasteiger partial charge in [-0.1, -0.05) is 12.8 Å². The smallest absolute Gasteiger partial charge is 0.267 e. The van der Waals surface area contributed by atoms with Gasteiger partial charge in [0, 0.05) is 0 Å². The van der Waals surface area contributed by atoms with Crippen LogP contribution < -0.4 is 0 Å². The van der Waals surface area contributed by atoms with E-state index in [9.17, 15) is 16.8 Å². The van der Waals surface area contributed by atoms with Crippen molar-refractivity contribution in [2.24, 2.45) is 0 Å². The summed E-state index contributed by atoms with van der Waals surface area (Å²) >= 11 is 0. The second-order valence-electron chi connectivity index (χ2n) is 3.75. The van der Waals surface area contributed by atoms with Gasteiger partial charge in [-0.3, -0.25) is 8.37 Å². The molecule has 0 amide bonds. The van der Waals surface area contributed by atoms with E-state index >= 15 is 0 Å². The van der Waals surface area contributed by atoms with Gasteiger partial charge in [-0.25, -0.2) is 0 Å². The molecule has 0 aromatic heterocycles. The molecule has 0 rings (SSSR count). The van der Waals surface area contributed by atoms with Crippen LogP contribution in [0.15, 0.2) is 0 Å². The average Bonchev–Trinajstić information content (AvgIpc) is 2.32. The predicted molar refractivity (Wildman–Crippen MR) is 69.3 cm³/mol. The molecule has 0 atom stereocenters. The molecule has 0 saturated carbocycles. The predicted octanol–water partition coefficient (Wildman–Crippen LogP) is 1.28. The third-order valence-corrected chi connectivity index (χ3v) is 4.74. The zero-order chi connectivity index (χ0) is 14.1. The largest absolute Gasteiger partial charge is 0.270 e. The van der Waals surface area contributed by atoms with Crippen molar-refractivity contribution >= 4 is 20.2 Å². The van der Waals surface area contributed by atoms with Crippen molar-refractivity contribution in [1.29, 1.82) is 0 Å². The maximum Gasteiger partial charge on any atom is 0.267 e. The van der Waals surface area contributed by atoms with Gasteiger partial charge in [-0.2, -0.15) is 16.8 Å². The zero-order valence-corrected chi connectivity index (χ0v) is 12.6. The van der Waals surface area contributed by atoms with Crippen molar-refractivity contribution in [1.82, 2.24) is 0 Å². The van der Waals surface area contributed by atoms with Crippen LogP contribution in [0, 0.1) is 0 Å². The van der Waals surface area contributed by atoms with Crippen molar-refractivity contribution in [3.8, 4) is 0 Å². The molecule has 0 aliphatic rings. The Morgan fingerprint density at radius 3 is 1.28 bits per heavy atom. The minimum Gasteiger partial charge on any atom is -0.270 e. The molecule has 0 radical (unpaired) electrons. The molecule has 8 heteroatoms. The van der Waals surface area contributed by atoms with Gasteiger partial charge in [0.2, 0.25) is 0 Å². The minimum atomic E-state index is -3.34. The highest BCUT2D eigenvalue weighted by atomic mass is 32.2. The van der Waals surface area contributed by atoms with Crippen LogP contribution in [0.1, 0.15) is 39.5 Å². The quantitative estimate of drug-likeness (QED) is 0.422. The zero-order valence-electron chi connectivity index (χ0n) is 10.9. The van der Waals surface area contributed by atoms with Crippen LogP contribution in [0.25, 0.3) is 0 Å². The van der Waals surface area contributed by atoms with Gasteiger partial charge in [0.1, 0.15) is 0 Å². The van der Waals surface area contributed by atoms with E-state index in [2.05, 4.69) is 0 Å². The highest BCUT2D eigenvalue weighted by molar-refractivity contribution is 7.86. The van der Waals surface area contributed by atoms with Crippen LogP contribution in [-0.2, 0) is 28.6 Å². The first-order valence-electron chi connectivity index (χ1n) is 6.07. The van der Waals surface area contributed by atoms with E-state index in [0.29, 0.717) is 12.8 Å². The second kappa shape index (κ2) is 8.84. The van der Waals surface area contributed by atoms with Gasteiger partial charge < -0.3 is 0 Å². The Bertz CT molecular complexity index is 358. The third-order valence-electron chi connectivity index (χ3n) is 2.27. The van der Waals surface area contributed by atoms with Crippen molar-refractivity contribution in [3.05, 3.63) is 0 Å². The molecule has 0 fully saturated rings. The molecule has 0 bridgehead atoms. The van der Waals surface area contributed by atoms with Gasteiger partial charge in [-0.15, -0.1) is 0 Å². The summed E-state index contributed by atoms with van der Waals surface area (Å²) in [5.41, 5.74) is 0. The molecule has 0 aromatic rings. The van der Waals surface area contributed by atoms with Gasteiger partial charge in [0.05, 0.1) is 24.7 Å². The van der Waals surface area contributed by atoms with E-state index in [1.807, 2.05) is 0 Å². The van der Waals surface area contributed by atoms with Gasteiger partial charge in [0.15, 0.2) is 0 Å². The Morgan fingerprint density at radius 2 is 1.00 bits per heavy atom. The van der Waals surface area contributed by atoms with Crippen LogP contribution in [0.2, 0.25) is 0 Å². The lowest BCUT2D eigenvalue weighted by molar-refractivity contribution is 0.291. The summed E-state index contributed by atoms with van der Waals surface area (Å²) in [7, 11) is -6.69. The van der Waals surface area contributed by atoms with E-state index in [4.69, 9.17) is 8.37 Å². The molecule has 0 aromatic carbocycles. The van der Waals surface area contributed by atoms with Crippen molar-refractivity contribution in [3.63, 3.8) is 0 Å². The Kier molecular flexibility index (Phi) is 8.75. The topological polar surface area (TPSA) is 86.7 Å². The van der Waals surface area contributed by atoms with Crippen molar-refractivity contribution < 1.29 is 25.2 Å². The normalized spacial score (nSPS) is 12.8. The Labute approximate surface area is 110 Å². The fourth-order valence-electron chi connectivity index (χ4n) is 1.10. The van der Waals surface area contributed by atoms with E-state index in [1.54, 1.807) is 0 Å². The summed E-state index contributed by atoms with van der Waals surface area (Å²) < 4.78 is 53.3. The lowest BCUT2D eigenvalue weighted by atomic mass is 10.2. The molecule has 0 aliphatic heterocycles. The standard InChI is InChI=1S/C10H22O6S2/c1-3-17(11,12)15-9-7-5-6-8-10-16-18(13,14)4-2/h3-10H2,1-2H3. The van der Waals surface area contributed by atoms with Crippen molar-refractivity contribution in [2.45, 2.75) is 39.5 Å². The number of unbranched alkanes of at least 4 members (excludes halogenated alkanes) is 3. The number of hydrogen-bond acceptors (Lipinski definition) is 6. The molecule has 0 unspecified atom stereocenters. The lowest BCUT2D eigenvalue weighted by Crippen LogP contribution is -2.10. The minimum absolute atomic E-state index is 0.0181. The number of rotatable bonds is 11. The summed E-state index contributed by atoms with van der Waals surface area (Å²) in [6.07, 6.45) is 2.85. The van der Waals surface area contributed by atoms with Crippen LogP contribution in [0.3, 0.4) is 0 Å². The molecule has 0 aliphatic carbocycles. The molecule has 110 valence electrons. The highest BCUT2D eigenvalue weighted by Gasteiger charge is 2.07. The van der Waals surface area contributed by atoms with E-state index in [-0.39, 0.29) is 24.7 Å². The van der Waals surface area contributed by atoms with Crippen LogP contribution in [-0.4, -0.2) is 41.6 Å². The molecular weight excluding hydrogens is 280 g/mol. The van der Waals surface area contributed by atoms with Crippen molar-refractivity contribution in [2.75, 3.05) is 24.7 Å². The summed E-state index contributed by atoms with van der Waals surface area (Å²) in [6.45, 7) is 3.43. The highest BCUT2D eigenvalue weighted by Crippen LogP contribution is 2.04. The molecule has 0 spiro atoms. The first-order valence-corrected chi connectivity index (χ1v) is 9.22. The maximum absolute atomic E-state index is 11.0. The van der Waals surface area contributed by atoms with E-state index in [0.717, 1.165) is 12.8 Å². The SMILES string of the molecule is CCS(=O)(=O)OCCCCCCOS(=O)(=O)CC. The number of hydrogen-bond donors (Lipinski definition) is 0. The lowest BCUT2D eigenvalue weighted by Gasteiger charge is -2.04. The summed E-state index contributed by atoms with van der Waals surface area (Å²) in [5, 5.41) is 0. The maximum atomic E-state index is 11.0. The van der Waals surface area contributed by atoms with E-state index in [1.165, 1.54) is 13.8 Å². The van der Waals surface area contributed by atoms with Gasteiger partial charge in [-0.05, 0) is 26.7 Å². The Hall–Kier alpha value is -0.180. The fourth-order valence-corrected chi connectivity index (χ4v) is 2.17. The molecule has 6 nitrogen and oxygen atoms in total. The molecule has 0 saturated heterocycles. The third kappa shape index (κ3) is 9.81. The van der Waals surface area contributed by atoms with Gasteiger partial charge in [0.25, 0.3) is 20.2 Å².